The van der Waals surface area contributed by atoms with Crippen molar-refractivity contribution in [1.82, 2.24) is 0 Å². The summed E-state index contributed by atoms with van der Waals surface area (Å²) in [7, 11) is 1.63. The van der Waals surface area contributed by atoms with E-state index in [9.17, 15) is 4.79 Å². The molecule has 0 spiro atoms. The Morgan fingerprint density at radius 3 is 2.60 bits per heavy atom. The van der Waals surface area contributed by atoms with Gasteiger partial charge in [-0.3, -0.25) is 4.79 Å². The van der Waals surface area contributed by atoms with E-state index in [2.05, 4.69) is 0 Å². The predicted molar refractivity (Wildman–Crippen MR) is 78.2 cm³/mol. The molecule has 0 bridgehead atoms. The highest BCUT2D eigenvalue weighted by atomic mass is 16.5. The molecular formula is C17H22O3. The highest BCUT2D eigenvalue weighted by Crippen LogP contribution is 2.36. The molecule has 0 saturated heterocycles. The summed E-state index contributed by atoms with van der Waals surface area (Å²) in [6.45, 7) is 4.82. The van der Waals surface area contributed by atoms with Crippen LogP contribution < -0.4 is 0 Å². The fourth-order valence-electron chi connectivity index (χ4n) is 2.63. The molecule has 1 aliphatic carbocycles. The molecule has 108 valence electrons. The molecule has 1 aliphatic rings. The number of Topliss-reactive ketones (excluding diaryl/α,β-unsaturated/α-hetero) is 1. The molecule has 0 fully saturated rings. The number of methoxy groups -OCH3 is 1. The Labute approximate surface area is 120 Å². The molecule has 0 aromatic heterocycles. The highest BCUT2D eigenvalue weighted by molar-refractivity contribution is 6.00. The average Bonchev–Trinajstić information content (AvgIpc) is 2.47. The SMILES string of the molecule is COC1=C(C)C(=O)[C@@](C)(COCc2ccccc2)CC1. The van der Waals surface area contributed by atoms with Gasteiger partial charge in [0.2, 0.25) is 0 Å². The molecule has 1 aromatic carbocycles. The molecule has 0 unspecified atom stereocenters. The van der Waals surface area contributed by atoms with Crippen molar-refractivity contribution in [2.24, 2.45) is 5.41 Å². The molecule has 1 atom stereocenters. The van der Waals surface area contributed by atoms with Gasteiger partial charge in [-0.1, -0.05) is 37.3 Å². The maximum atomic E-state index is 12.4. The van der Waals surface area contributed by atoms with E-state index in [1.807, 2.05) is 44.2 Å². The minimum absolute atomic E-state index is 0.147. The van der Waals surface area contributed by atoms with Crippen LogP contribution >= 0.6 is 0 Å². The lowest BCUT2D eigenvalue weighted by Crippen LogP contribution is -2.37. The summed E-state index contributed by atoms with van der Waals surface area (Å²) in [5, 5.41) is 0. The Morgan fingerprint density at radius 2 is 1.95 bits per heavy atom. The van der Waals surface area contributed by atoms with Crippen molar-refractivity contribution in [2.45, 2.75) is 33.3 Å². The van der Waals surface area contributed by atoms with Crippen molar-refractivity contribution in [3.05, 3.63) is 47.2 Å². The van der Waals surface area contributed by atoms with Crippen molar-refractivity contribution in [2.75, 3.05) is 13.7 Å². The maximum Gasteiger partial charge on any atom is 0.170 e. The van der Waals surface area contributed by atoms with Gasteiger partial charge in [-0.2, -0.15) is 0 Å². The normalized spacial score (nSPS) is 23.1. The third-order valence-electron chi connectivity index (χ3n) is 3.99. The van der Waals surface area contributed by atoms with Crippen LogP contribution in [-0.4, -0.2) is 19.5 Å². The Hall–Kier alpha value is -1.61. The van der Waals surface area contributed by atoms with Gasteiger partial charge in [0.1, 0.15) is 5.76 Å². The minimum Gasteiger partial charge on any atom is -0.501 e. The number of ketones is 1. The van der Waals surface area contributed by atoms with Crippen molar-refractivity contribution < 1.29 is 14.3 Å². The molecular weight excluding hydrogens is 252 g/mol. The van der Waals surface area contributed by atoms with Gasteiger partial charge in [0.05, 0.1) is 25.7 Å². The molecule has 2 rings (SSSR count). The third-order valence-corrected chi connectivity index (χ3v) is 3.99. The Kier molecular flexibility index (Phi) is 4.61. The largest absolute Gasteiger partial charge is 0.501 e. The van der Waals surface area contributed by atoms with Crippen LogP contribution in [0.5, 0.6) is 0 Å². The summed E-state index contributed by atoms with van der Waals surface area (Å²) in [6, 6.07) is 10.0. The predicted octanol–water partition coefficient (Wildman–Crippen LogP) is 3.49. The van der Waals surface area contributed by atoms with Gasteiger partial charge in [-0.25, -0.2) is 0 Å². The number of carbonyl (C=O) groups excluding carboxylic acids is 1. The van der Waals surface area contributed by atoms with Crippen LogP contribution in [0, 0.1) is 5.41 Å². The molecule has 20 heavy (non-hydrogen) atoms. The van der Waals surface area contributed by atoms with Crippen LogP contribution in [0.2, 0.25) is 0 Å². The van der Waals surface area contributed by atoms with Crippen LogP contribution in [0.25, 0.3) is 0 Å². The first-order valence-electron chi connectivity index (χ1n) is 6.97. The number of rotatable bonds is 5. The van der Waals surface area contributed by atoms with Gasteiger partial charge < -0.3 is 9.47 Å². The van der Waals surface area contributed by atoms with Crippen LogP contribution in [0.1, 0.15) is 32.3 Å². The second-order valence-electron chi connectivity index (χ2n) is 5.62. The van der Waals surface area contributed by atoms with Crippen molar-refractivity contribution >= 4 is 5.78 Å². The van der Waals surface area contributed by atoms with Crippen molar-refractivity contribution in [1.29, 1.82) is 0 Å². The van der Waals surface area contributed by atoms with Crippen LogP contribution in [0.4, 0.5) is 0 Å². The van der Waals surface area contributed by atoms with Gasteiger partial charge >= 0.3 is 0 Å². The van der Waals surface area contributed by atoms with E-state index in [-0.39, 0.29) is 5.78 Å². The van der Waals surface area contributed by atoms with Crippen molar-refractivity contribution in [3.8, 4) is 0 Å². The first-order valence-corrected chi connectivity index (χ1v) is 6.97. The standard InChI is InChI=1S/C17H22O3/c1-13-15(19-3)9-10-17(2,16(13)18)12-20-11-14-7-5-4-6-8-14/h4-8H,9-12H2,1-3H3/t17-/m1/s1. The van der Waals surface area contributed by atoms with E-state index < -0.39 is 5.41 Å². The highest BCUT2D eigenvalue weighted by Gasteiger charge is 2.39. The lowest BCUT2D eigenvalue weighted by atomic mass is 9.74. The molecule has 0 radical (unpaired) electrons. The summed E-state index contributed by atoms with van der Waals surface area (Å²) < 4.78 is 11.0. The van der Waals surface area contributed by atoms with E-state index >= 15 is 0 Å². The Morgan fingerprint density at radius 1 is 1.25 bits per heavy atom. The number of ether oxygens (including phenoxy) is 2. The molecule has 3 nitrogen and oxygen atoms in total. The van der Waals surface area contributed by atoms with Gasteiger partial charge in [-0.05, 0) is 18.9 Å². The zero-order valence-corrected chi connectivity index (χ0v) is 12.4. The summed E-state index contributed by atoms with van der Waals surface area (Å²) in [4.78, 5) is 12.4. The zero-order valence-electron chi connectivity index (χ0n) is 12.4. The smallest absolute Gasteiger partial charge is 0.170 e. The van der Waals surface area contributed by atoms with E-state index in [0.29, 0.717) is 13.2 Å². The van der Waals surface area contributed by atoms with E-state index in [0.717, 1.165) is 29.7 Å². The summed E-state index contributed by atoms with van der Waals surface area (Å²) in [5.74, 6) is 0.962. The van der Waals surface area contributed by atoms with Crippen LogP contribution in [0.15, 0.2) is 41.7 Å². The fourth-order valence-corrected chi connectivity index (χ4v) is 2.63. The van der Waals surface area contributed by atoms with Gasteiger partial charge in [0.15, 0.2) is 5.78 Å². The Balaban J connectivity index is 1.96. The van der Waals surface area contributed by atoms with E-state index in [4.69, 9.17) is 9.47 Å². The first-order chi connectivity index (χ1) is 9.57. The number of allylic oxidation sites excluding steroid dienone is 2. The monoisotopic (exact) mass is 274 g/mol. The summed E-state index contributed by atoms with van der Waals surface area (Å²) in [6.07, 6.45) is 1.58. The van der Waals surface area contributed by atoms with Crippen LogP contribution in [-0.2, 0) is 20.9 Å². The second-order valence-corrected chi connectivity index (χ2v) is 5.62. The Bertz CT molecular complexity index is 504. The second kappa shape index (κ2) is 6.23. The average molecular weight is 274 g/mol. The first kappa shape index (κ1) is 14.8. The van der Waals surface area contributed by atoms with Gasteiger partial charge in [0.25, 0.3) is 0 Å². The molecule has 0 N–H and O–H groups in total. The number of hydrogen-bond acceptors (Lipinski definition) is 3. The van der Waals surface area contributed by atoms with E-state index in [1.165, 1.54) is 0 Å². The lowest BCUT2D eigenvalue weighted by Gasteiger charge is -2.33. The van der Waals surface area contributed by atoms with Crippen molar-refractivity contribution in [3.63, 3.8) is 0 Å². The number of benzene rings is 1. The molecule has 0 heterocycles. The molecule has 0 aliphatic heterocycles. The summed E-state index contributed by atoms with van der Waals surface area (Å²) >= 11 is 0. The fraction of sp³-hybridized carbons (Fsp3) is 0.471. The van der Waals surface area contributed by atoms with Gasteiger partial charge in [-0.15, -0.1) is 0 Å². The van der Waals surface area contributed by atoms with E-state index in [1.54, 1.807) is 7.11 Å². The lowest BCUT2D eigenvalue weighted by molar-refractivity contribution is -0.129. The topological polar surface area (TPSA) is 35.5 Å². The molecule has 3 heteroatoms. The minimum atomic E-state index is -0.430. The third kappa shape index (κ3) is 3.10. The molecule has 0 saturated carbocycles. The maximum absolute atomic E-state index is 12.4. The summed E-state index contributed by atoms with van der Waals surface area (Å²) in [5.41, 5.74) is 1.44. The van der Waals surface area contributed by atoms with Gasteiger partial charge in [0, 0.05) is 12.0 Å². The molecule has 0 amide bonds. The van der Waals surface area contributed by atoms with Crippen LogP contribution in [0.3, 0.4) is 0 Å². The number of hydrogen-bond donors (Lipinski definition) is 0. The molecule has 1 aromatic rings. The quantitative estimate of drug-likeness (QED) is 0.824. The zero-order chi connectivity index (χ0) is 14.6. The number of carbonyl (C=O) groups is 1.